The van der Waals surface area contributed by atoms with Gasteiger partial charge in [0.05, 0.1) is 12.8 Å². The van der Waals surface area contributed by atoms with Crippen LogP contribution < -0.4 is 15.4 Å². The summed E-state index contributed by atoms with van der Waals surface area (Å²) in [5, 5.41) is 5.22. The summed E-state index contributed by atoms with van der Waals surface area (Å²) in [7, 11) is 1.48. The van der Waals surface area contributed by atoms with Gasteiger partial charge in [0.1, 0.15) is 17.8 Å². The van der Waals surface area contributed by atoms with Crippen molar-refractivity contribution < 1.29 is 28.7 Å². The summed E-state index contributed by atoms with van der Waals surface area (Å²) in [6.45, 7) is 4.32. The van der Waals surface area contributed by atoms with E-state index in [1.807, 2.05) is 13.0 Å². The van der Waals surface area contributed by atoms with Crippen LogP contribution in [0.4, 0.5) is 10.5 Å². The summed E-state index contributed by atoms with van der Waals surface area (Å²) < 4.78 is 10.7. The number of rotatable bonds is 7. The molecule has 1 unspecified atom stereocenters. The van der Waals surface area contributed by atoms with Gasteiger partial charge in [-0.3, -0.25) is 19.3 Å². The first-order valence-electron chi connectivity index (χ1n) is 9.96. The van der Waals surface area contributed by atoms with Gasteiger partial charge in [-0.1, -0.05) is 36.4 Å². The fourth-order valence-electron chi connectivity index (χ4n) is 3.28. The molecule has 0 aliphatic carbocycles. The number of hydrogen-bond acceptors (Lipinski definition) is 6. The van der Waals surface area contributed by atoms with Gasteiger partial charge in [0.15, 0.2) is 0 Å². The number of hydrogen-bond donors (Lipinski definition) is 2. The lowest BCUT2D eigenvalue weighted by Gasteiger charge is -2.21. The molecule has 168 valence electrons. The molecule has 0 spiro atoms. The van der Waals surface area contributed by atoms with Crippen LogP contribution in [0.3, 0.4) is 0 Å². The third-order valence-corrected chi connectivity index (χ3v) is 4.93. The number of ether oxygens (including phenoxy) is 2. The lowest BCUT2D eigenvalue weighted by atomic mass is 10.1. The normalized spacial score (nSPS) is 15.7. The number of urea groups is 1. The van der Waals surface area contributed by atoms with Crippen LogP contribution in [0.2, 0.25) is 0 Å². The number of benzene rings is 2. The molecule has 2 aromatic carbocycles. The molecular weight excluding hydrogens is 414 g/mol. The maximum atomic E-state index is 13.1. The second-order valence-electron chi connectivity index (χ2n) is 7.92. The van der Waals surface area contributed by atoms with Gasteiger partial charge in [0, 0.05) is 5.56 Å². The van der Waals surface area contributed by atoms with E-state index in [2.05, 4.69) is 10.6 Å². The zero-order valence-electron chi connectivity index (χ0n) is 18.3. The van der Waals surface area contributed by atoms with Crippen molar-refractivity contribution in [1.82, 2.24) is 10.2 Å². The molecule has 9 nitrogen and oxygen atoms in total. The summed E-state index contributed by atoms with van der Waals surface area (Å²) in [5.41, 5.74) is 0.637. The highest BCUT2D eigenvalue weighted by molar-refractivity contribution is 6.08. The van der Waals surface area contributed by atoms with Crippen molar-refractivity contribution >= 4 is 29.5 Å². The number of nitrogens with one attached hydrogen (secondary N) is 2. The summed E-state index contributed by atoms with van der Waals surface area (Å²) in [4.78, 5) is 50.9. The number of esters is 1. The van der Waals surface area contributed by atoms with Crippen LogP contribution in [0.15, 0.2) is 48.5 Å². The minimum absolute atomic E-state index is 0.422. The summed E-state index contributed by atoms with van der Waals surface area (Å²) in [5.74, 6) is -1.61. The van der Waals surface area contributed by atoms with Crippen molar-refractivity contribution in [2.45, 2.75) is 32.4 Å². The Balaban J connectivity index is 1.80. The number of carbonyl (C=O) groups is 4. The first-order valence-corrected chi connectivity index (χ1v) is 9.96. The number of nitrogens with zero attached hydrogens (tertiary/aromatic N) is 1. The maximum absolute atomic E-state index is 13.1. The number of carbonyl (C=O) groups excluding carboxylic acids is 4. The molecule has 2 aromatic rings. The molecular formula is C23H25N3O6. The third-order valence-electron chi connectivity index (χ3n) is 4.93. The Labute approximate surface area is 185 Å². The Bertz CT molecular complexity index is 1050. The van der Waals surface area contributed by atoms with E-state index in [1.165, 1.54) is 21.0 Å². The fourth-order valence-corrected chi connectivity index (χ4v) is 3.28. The Morgan fingerprint density at radius 1 is 1.12 bits per heavy atom. The summed E-state index contributed by atoms with van der Waals surface area (Å²) >= 11 is 0. The molecule has 1 atom stereocenters. The largest absolute Gasteiger partial charge is 0.495 e. The van der Waals surface area contributed by atoms with E-state index in [-0.39, 0.29) is 0 Å². The zero-order valence-corrected chi connectivity index (χ0v) is 18.3. The topological polar surface area (TPSA) is 114 Å². The van der Waals surface area contributed by atoms with E-state index in [0.717, 1.165) is 10.5 Å². The molecule has 1 fully saturated rings. The van der Waals surface area contributed by atoms with Gasteiger partial charge in [0.2, 0.25) is 6.10 Å². The van der Waals surface area contributed by atoms with E-state index >= 15 is 0 Å². The molecule has 2 N–H and O–H groups in total. The van der Waals surface area contributed by atoms with Crippen LogP contribution >= 0.6 is 0 Å². The summed E-state index contributed by atoms with van der Waals surface area (Å²) in [6, 6.07) is 13.0. The van der Waals surface area contributed by atoms with E-state index in [9.17, 15) is 19.2 Å². The highest BCUT2D eigenvalue weighted by Gasteiger charge is 2.45. The van der Waals surface area contributed by atoms with Crippen LogP contribution in [-0.2, 0) is 19.1 Å². The molecule has 4 amide bonds. The van der Waals surface area contributed by atoms with E-state index in [1.54, 1.807) is 42.5 Å². The van der Waals surface area contributed by atoms with Crippen LogP contribution in [0.1, 0.15) is 31.1 Å². The van der Waals surface area contributed by atoms with Crippen molar-refractivity contribution in [3.8, 4) is 5.75 Å². The van der Waals surface area contributed by atoms with Crippen molar-refractivity contribution in [2.24, 2.45) is 0 Å². The molecule has 0 saturated carbocycles. The Kier molecular flexibility index (Phi) is 6.47. The van der Waals surface area contributed by atoms with Crippen LogP contribution in [0.5, 0.6) is 5.75 Å². The van der Waals surface area contributed by atoms with E-state index in [0.29, 0.717) is 17.0 Å². The van der Waals surface area contributed by atoms with Gasteiger partial charge in [-0.25, -0.2) is 4.79 Å². The molecule has 0 radical (unpaired) electrons. The number of aryl methyl sites for hydroxylation is 1. The number of anilines is 1. The average molecular weight is 439 g/mol. The first-order chi connectivity index (χ1) is 15.1. The Morgan fingerprint density at radius 3 is 2.41 bits per heavy atom. The number of amides is 4. The molecule has 0 aromatic heterocycles. The Hall–Kier alpha value is -3.88. The van der Waals surface area contributed by atoms with Gasteiger partial charge in [-0.2, -0.15) is 0 Å². The second kappa shape index (κ2) is 9.09. The Morgan fingerprint density at radius 2 is 1.81 bits per heavy atom. The van der Waals surface area contributed by atoms with Gasteiger partial charge in [-0.05, 0) is 38.5 Å². The van der Waals surface area contributed by atoms with Crippen molar-refractivity contribution in [1.29, 1.82) is 0 Å². The molecule has 1 heterocycles. The lowest BCUT2D eigenvalue weighted by molar-refractivity contribution is -0.156. The zero-order chi connectivity index (χ0) is 23.5. The standard InChI is InChI=1S/C23H25N3O6/c1-14-10-11-17(31-4)16(12-14)24-20(28)19(15-8-6-5-7-9-15)32-18(27)13-26-21(29)23(2,3)25-22(26)30/h5-12,19H,13H2,1-4H3,(H,24,28)(H,25,30). The van der Waals surface area contributed by atoms with Gasteiger partial charge in [0.25, 0.3) is 11.8 Å². The van der Waals surface area contributed by atoms with E-state index < -0.39 is 42.0 Å². The predicted octanol–water partition coefficient (Wildman–Crippen LogP) is 2.56. The van der Waals surface area contributed by atoms with Crippen molar-refractivity contribution in [3.63, 3.8) is 0 Å². The molecule has 9 heteroatoms. The summed E-state index contributed by atoms with van der Waals surface area (Å²) in [6.07, 6.45) is -1.30. The average Bonchev–Trinajstić information content (AvgIpc) is 2.94. The van der Waals surface area contributed by atoms with Crippen LogP contribution in [0, 0.1) is 6.92 Å². The third kappa shape index (κ3) is 4.88. The van der Waals surface area contributed by atoms with Crippen molar-refractivity contribution in [3.05, 3.63) is 59.7 Å². The maximum Gasteiger partial charge on any atom is 0.327 e. The minimum atomic E-state index is -1.30. The quantitative estimate of drug-likeness (QED) is 0.506. The highest BCUT2D eigenvalue weighted by Crippen LogP contribution is 2.28. The van der Waals surface area contributed by atoms with Gasteiger partial charge in [-0.15, -0.1) is 0 Å². The lowest BCUT2D eigenvalue weighted by Crippen LogP contribution is -2.41. The van der Waals surface area contributed by atoms with Crippen LogP contribution in [0.25, 0.3) is 0 Å². The van der Waals surface area contributed by atoms with E-state index in [4.69, 9.17) is 9.47 Å². The smallest absolute Gasteiger partial charge is 0.327 e. The predicted molar refractivity (Wildman–Crippen MR) is 116 cm³/mol. The molecule has 1 saturated heterocycles. The fraction of sp³-hybridized carbons (Fsp3) is 0.304. The molecule has 32 heavy (non-hydrogen) atoms. The molecule has 0 bridgehead atoms. The van der Waals surface area contributed by atoms with Crippen LogP contribution in [-0.4, -0.2) is 47.9 Å². The molecule has 1 aliphatic rings. The molecule has 3 rings (SSSR count). The monoisotopic (exact) mass is 439 g/mol. The first kappa shape index (κ1) is 22.8. The van der Waals surface area contributed by atoms with Gasteiger partial charge < -0.3 is 20.1 Å². The SMILES string of the molecule is COc1ccc(C)cc1NC(=O)C(OC(=O)CN1C(=O)NC(C)(C)C1=O)c1ccccc1. The highest BCUT2D eigenvalue weighted by atomic mass is 16.5. The second-order valence-corrected chi connectivity index (χ2v) is 7.92. The number of methoxy groups -OCH3 is 1. The molecule has 1 aliphatic heterocycles. The van der Waals surface area contributed by atoms with Gasteiger partial charge >= 0.3 is 12.0 Å². The van der Waals surface area contributed by atoms with Crippen molar-refractivity contribution in [2.75, 3.05) is 19.0 Å². The minimum Gasteiger partial charge on any atom is -0.495 e. The number of imide groups is 1.